The number of H-pyrrole nitrogens is 1. The van der Waals surface area contributed by atoms with Crippen molar-refractivity contribution < 1.29 is 9.47 Å². The summed E-state index contributed by atoms with van der Waals surface area (Å²) in [5.41, 5.74) is 3.35. The van der Waals surface area contributed by atoms with Crippen LogP contribution in [-0.2, 0) is 12.8 Å². The summed E-state index contributed by atoms with van der Waals surface area (Å²) < 4.78 is 11.0. The van der Waals surface area contributed by atoms with Gasteiger partial charge in [-0.05, 0) is 56.0 Å². The number of imidazole rings is 1. The summed E-state index contributed by atoms with van der Waals surface area (Å²) in [5.74, 6) is 3.43. The van der Waals surface area contributed by atoms with Gasteiger partial charge < -0.3 is 25.1 Å². The van der Waals surface area contributed by atoms with Crippen LogP contribution in [0.3, 0.4) is 0 Å². The van der Waals surface area contributed by atoms with E-state index in [1.54, 1.807) is 14.2 Å². The number of para-hydroxylation sites is 2. The van der Waals surface area contributed by atoms with Crippen molar-refractivity contribution in [1.29, 1.82) is 0 Å². The van der Waals surface area contributed by atoms with Gasteiger partial charge in [0.05, 0.1) is 24.8 Å². The number of fused-ring (bicyclic) bond motifs is 1. The summed E-state index contributed by atoms with van der Waals surface area (Å²) in [5, 5.41) is 6.76. The highest BCUT2D eigenvalue weighted by molar-refractivity contribution is 5.79. The second-order valence-electron chi connectivity index (χ2n) is 7.25. The smallest absolute Gasteiger partial charge is 0.190 e. The van der Waals surface area contributed by atoms with Gasteiger partial charge in [-0.15, -0.1) is 0 Å². The van der Waals surface area contributed by atoms with E-state index in [-0.39, 0.29) is 0 Å². The number of aromatic amines is 1. The van der Waals surface area contributed by atoms with Crippen molar-refractivity contribution >= 4 is 17.0 Å². The van der Waals surface area contributed by atoms with Crippen LogP contribution in [0.1, 0.15) is 31.2 Å². The third kappa shape index (κ3) is 6.64. The molecule has 0 aliphatic heterocycles. The van der Waals surface area contributed by atoms with Crippen LogP contribution in [0.4, 0.5) is 0 Å². The minimum absolute atomic E-state index is 0.625. The Morgan fingerprint density at radius 1 is 1.03 bits per heavy atom. The van der Waals surface area contributed by atoms with Gasteiger partial charge in [0, 0.05) is 26.6 Å². The number of nitrogens with zero attached hydrogens (tertiary/aromatic N) is 2. The maximum Gasteiger partial charge on any atom is 0.190 e. The molecule has 0 aliphatic carbocycles. The quantitative estimate of drug-likeness (QED) is 0.249. The fourth-order valence-electron chi connectivity index (χ4n) is 3.45. The third-order valence-corrected chi connectivity index (χ3v) is 5.01. The number of hydrogen-bond donors (Lipinski definition) is 3. The van der Waals surface area contributed by atoms with Crippen LogP contribution in [0, 0.1) is 0 Å². The molecule has 3 N–H and O–H groups in total. The van der Waals surface area contributed by atoms with Crippen LogP contribution in [0.2, 0.25) is 0 Å². The molecule has 1 heterocycles. The Hall–Kier alpha value is -3.22. The molecule has 166 valence electrons. The van der Waals surface area contributed by atoms with Crippen LogP contribution in [0.15, 0.2) is 47.5 Å². The molecule has 0 radical (unpaired) electrons. The maximum absolute atomic E-state index is 5.66. The third-order valence-electron chi connectivity index (χ3n) is 5.01. The average Bonchev–Trinajstić information content (AvgIpc) is 3.21. The van der Waals surface area contributed by atoms with E-state index in [4.69, 9.17) is 9.47 Å². The summed E-state index contributed by atoms with van der Waals surface area (Å²) in [4.78, 5) is 12.3. The lowest BCUT2D eigenvalue weighted by molar-refractivity contribution is 0.310. The number of rotatable bonds is 11. The minimum Gasteiger partial charge on any atom is -0.493 e. The zero-order chi connectivity index (χ0) is 21.9. The molecule has 0 saturated heterocycles. The molecule has 0 spiro atoms. The summed E-state index contributed by atoms with van der Waals surface area (Å²) >= 11 is 0. The van der Waals surface area contributed by atoms with E-state index in [1.807, 2.05) is 31.2 Å². The summed E-state index contributed by atoms with van der Waals surface area (Å²) in [6.07, 6.45) is 3.84. The van der Waals surface area contributed by atoms with Gasteiger partial charge >= 0.3 is 0 Å². The first-order valence-electron chi connectivity index (χ1n) is 10.9. The molecule has 0 aliphatic rings. The van der Waals surface area contributed by atoms with Gasteiger partial charge in [-0.3, -0.25) is 4.99 Å². The molecule has 0 fully saturated rings. The van der Waals surface area contributed by atoms with Gasteiger partial charge in [0.15, 0.2) is 17.5 Å². The van der Waals surface area contributed by atoms with Crippen LogP contribution in [-0.4, -0.2) is 49.8 Å². The number of aryl methyl sites for hydroxylation is 2. The number of methoxy groups -OCH3 is 1. The lowest BCUT2D eigenvalue weighted by atomic mass is 10.1. The highest BCUT2D eigenvalue weighted by atomic mass is 16.5. The van der Waals surface area contributed by atoms with E-state index < -0.39 is 0 Å². The van der Waals surface area contributed by atoms with Gasteiger partial charge in [0.2, 0.25) is 0 Å². The van der Waals surface area contributed by atoms with Gasteiger partial charge in [0.1, 0.15) is 5.82 Å². The van der Waals surface area contributed by atoms with Gasteiger partial charge in [-0.2, -0.15) is 0 Å². The topological polar surface area (TPSA) is 83.6 Å². The second-order valence-corrected chi connectivity index (χ2v) is 7.25. The molecular formula is C24H33N5O2. The fraction of sp³-hybridized carbons (Fsp3) is 0.417. The van der Waals surface area contributed by atoms with E-state index in [2.05, 4.69) is 43.8 Å². The first-order valence-corrected chi connectivity index (χ1v) is 10.9. The molecular weight excluding hydrogens is 390 g/mol. The Morgan fingerprint density at radius 2 is 1.81 bits per heavy atom. The first-order chi connectivity index (χ1) is 15.2. The Kier molecular flexibility index (Phi) is 8.58. The predicted molar refractivity (Wildman–Crippen MR) is 126 cm³/mol. The monoisotopic (exact) mass is 423 g/mol. The largest absolute Gasteiger partial charge is 0.493 e. The molecule has 3 rings (SSSR count). The number of aliphatic imine (C=N–C) groups is 1. The zero-order valence-electron chi connectivity index (χ0n) is 18.7. The lowest BCUT2D eigenvalue weighted by Crippen LogP contribution is -2.38. The van der Waals surface area contributed by atoms with Crippen molar-refractivity contribution in [3.63, 3.8) is 0 Å². The van der Waals surface area contributed by atoms with Crippen LogP contribution < -0.4 is 20.1 Å². The van der Waals surface area contributed by atoms with Crippen molar-refractivity contribution in [2.45, 2.75) is 32.6 Å². The number of ether oxygens (including phenoxy) is 2. The van der Waals surface area contributed by atoms with Crippen molar-refractivity contribution in [3.05, 3.63) is 53.9 Å². The van der Waals surface area contributed by atoms with Gasteiger partial charge in [-0.1, -0.05) is 18.2 Å². The van der Waals surface area contributed by atoms with Crippen LogP contribution in [0.25, 0.3) is 11.0 Å². The number of hydrogen-bond acceptors (Lipinski definition) is 4. The van der Waals surface area contributed by atoms with Crippen LogP contribution >= 0.6 is 0 Å². The summed E-state index contributed by atoms with van der Waals surface area (Å²) in [6, 6.07) is 14.2. The van der Waals surface area contributed by atoms with Crippen LogP contribution in [0.5, 0.6) is 11.5 Å². The van der Waals surface area contributed by atoms with Gasteiger partial charge in [-0.25, -0.2) is 4.98 Å². The number of nitrogens with one attached hydrogen (secondary N) is 3. The van der Waals surface area contributed by atoms with Crippen molar-refractivity contribution in [1.82, 2.24) is 20.6 Å². The Morgan fingerprint density at radius 3 is 2.52 bits per heavy atom. The van der Waals surface area contributed by atoms with Crippen molar-refractivity contribution in [2.75, 3.05) is 33.9 Å². The molecule has 0 unspecified atom stereocenters. The molecule has 2 aromatic carbocycles. The molecule has 31 heavy (non-hydrogen) atoms. The molecule has 0 saturated carbocycles. The predicted octanol–water partition coefficient (Wildman–Crippen LogP) is 3.70. The van der Waals surface area contributed by atoms with E-state index in [0.29, 0.717) is 6.61 Å². The molecule has 3 aromatic rings. The highest BCUT2D eigenvalue weighted by Gasteiger charge is 2.06. The SMILES string of the molecule is CCOc1cc(CCCNC(=NC)NCCCc2nc3ccccc3[nH]2)ccc1OC. The second kappa shape index (κ2) is 11.8. The number of benzene rings is 2. The summed E-state index contributed by atoms with van der Waals surface area (Å²) in [6.45, 7) is 4.29. The van der Waals surface area contributed by atoms with E-state index in [9.17, 15) is 0 Å². The number of guanidine groups is 1. The lowest BCUT2D eigenvalue weighted by Gasteiger charge is -2.13. The Bertz CT molecular complexity index is 950. The van der Waals surface area contributed by atoms with E-state index in [1.165, 1.54) is 5.56 Å². The average molecular weight is 424 g/mol. The normalized spacial score (nSPS) is 11.5. The molecule has 1 aromatic heterocycles. The first kappa shape index (κ1) is 22.5. The molecule has 7 heteroatoms. The zero-order valence-corrected chi connectivity index (χ0v) is 18.7. The molecule has 0 atom stereocenters. The highest BCUT2D eigenvalue weighted by Crippen LogP contribution is 2.28. The fourth-order valence-corrected chi connectivity index (χ4v) is 3.45. The Labute approximate surface area is 184 Å². The molecule has 0 bridgehead atoms. The minimum atomic E-state index is 0.625. The van der Waals surface area contributed by atoms with Crippen molar-refractivity contribution in [2.24, 2.45) is 4.99 Å². The summed E-state index contributed by atoms with van der Waals surface area (Å²) in [7, 11) is 3.46. The van der Waals surface area contributed by atoms with Crippen molar-refractivity contribution in [3.8, 4) is 11.5 Å². The molecule has 0 amide bonds. The van der Waals surface area contributed by atoms with Gasteiger partial charge in [0.25, 0.3) is 0 Å². The Balaban J connectivity index is 1.35. The molecule has 7 nitrogen and oxygen atoms in total. The standard InChI is InChI=1S/C24H33N5O2/c1-4-31-22-17-18(13-14-21(22)30-3)9-7-15-26-24(25-2)27-16-8-12-23-28-19-10-5-6-11-20(19)29-23/h5-6,10-11,13-14,17H,4,7-9,12,15-16H2,1-3H3,(H,28,29)(H2,25,26,27). The number of aromatic nitrogens is 2. The van der Waals surface area contributed by atoms with E-state index >= 15 is 0 Å². The maximum atomic E-state index is 5.66. The van der Waals surface area contributed by atoms with E-state index in [0.717, 1.165) is 73.1 Å².